The highest BCUT2D eigenvalue weighted by atomic mass is 16.6. The maximum absolute atomic E-state index is 14.1. The van der Waals surface area contributed by atoms with Gasteiger partial charge in [0.15, 0.2) is 11.5 Å². The summed E-state index contributed by atoms with van der Waals surface area (Å²) in [5.74, 6) is 1.93. The molecular formula is C29H35N3O4. The zero-order valence-electron chi connectivity index (χ0n) is 21.2. The molecule has 0 saturated carbocycles. The van der Waals surface area contributed by atoms with Crippen LogP contribution in [0.3, 0.4) is 0 Å². The van der Waals surface area contributed by atoms with Gasteiger partial charge in [-0.2, -0.15) is 0 Å². The van der Waals surface area contributed by atoms with E-state index >= 15 is 0 Å². The van der Waals surface area contributed by atoms with Gasteiger partial charge in [-0.15, -0.1) is 0 Å². The smallest absolute Gasteiger partial charge is 0.327 e. The molecule has 3 heterocycles. The van der Waals surface area contributed by atoms with E-state index < -0.39 is 5.54 Å². The lowest BCUT2D eigenvalue weighted by molar-refractivity contribution is -0.137. The molecule has 7 nitrogen and oxygen atoms in total. The molecule has 3 aliphatic heterocycles. The van der Waals surface area contributed by atoms with Gasteiger partial charge in [-0.1, -0.05) is 44.2 Å². The number of fused-ring (bicyclic) bond motifs is 2. The summed E-state index contributed by atoms with van der Waals surface area (Å²) >= 11 is 0. The minimum Gasteiger partial charge on any atom is -0.486 e. The van der Waals surface area contributed by atoms with Gasteiger partial charge in [0.05, 0.1) is 0 Å². The van der Waals surface area contributed by atoms with E-state index in [1.54, 1.807) is 4.90 Å². The van der Waals surface area contributed by atoms with E-state index in [4.69, 9.17) is 9.47 Å². The SMILES string of the molecule is CC(C)CN1C(=O)N(C2Cc3ccccc3C2)C(=O)C12CCN(Cc1ccc3c(c1)OCCO3)CC2. The zero-order valence-corrected chi connectivity index (χ0v) is 21.2. The first-order valence-electron chi connectivity index (χ1n) is 13.3. The first kappa shape index (κ1) is 23.3. The number of piperidine rings is 1. The van der Waals surface area contributed by atoms with Gasteiger partial charge >= 0.3 is 6.03 Å². The number of imide groups is 1. The number of nitrogens with zero attached hydrogens (tertiary/aromatic N) is 3. The summed E-state index contributed by atoms with van der Waals surface area (Å²) in [6.07, 6.45) is 2.86. The molecule has 3 amide bonds. The maximum Gasteiger partial charge on any atom is 0.327 e. The van der Waals surface area contributed by atoms with Gasteiger partial charge in [0, 0.05) is 32.2 Å². The molecule has 190 valence electrons. The van der Waals surface area contributed by atoms with Gasteiger partial charge in [0.25, 0.3) is 5.91 Å². The van der Waals surface area contributed by atoms with Crippen LogP contribution >= 0.6 is 0 Å². The molecule has 0 aromatic heterocycles. The Hall–Kier alpha value is -3.06. The number of ether oxygens (including phenoxy) is 2. The van der Waals surface area contributed by atoms with E-state index in [-0.39, 0.29) is 18.0 Å². The largest absolute Gasteiger partial charge is 0.486 e. The van der Waals surface area contributed by atoms with E-state index in [2.05, 4.69) is 43.0 Å². The number of likely N-dealkylation sites (tertiary alicyclic amines) is 1. The van der Waals surface area contributed by atoms with Gasteiger partial charge < -0.3 is 14.4 Å². The van der Waals surface area contributed by atoms with Crippen molar-refractivity contribution in [3.8, 4) is 11.5 Å². The number of hydrogen-bond acceptors (Lipinski definition) is 5. The summed E-state index contributed by atoms with van der Waals surface area (Å²) in [6.45, 7) is 8.37. The normalized spacial score (nSPS) is 21.6. The van der Waals surface area contributed by atoms with E-state index in [9.17, 15) is 9.59 Å². The molecule has 2 saturated heterocycles. The van der Waals surface area contributed by atoms with Gasteiger partial charge in [-0.3, -0.25) is 14.6 Å². The molecule has 0 unspecified atom stereocenters. The summed E-state index contributed by atoms with van der Waals surface area (Å²) in [5, 5.41) is 0. The quantitative estimate of drug-likeness (QED) is 0.597. The van der Waals surface area contributed by atoms with Crippen molar-refractivity contribution in [2.45, 2.75) is 57.7 Å². The second-order valence-electron chi connectivity index (χ2n) is 11.1. The van der Waals surface area contributed by atoms with Crippen LogP contribution in [0.2, 0.25) is 0 Å². The van der Waals surface area contributed by atoms with Crippen molar-refractivity contribution in [1.82, 2.24) is 14.7 Å². The first-order valence-corrected chi connectivity index (χ1v) is 13.3. The fraction of sp³-hybridized carbons (Fsp3) is 0.517. The molecule has 2 aromatic carbocycles. The lowest BCUT2D eigenvalue weighted by Crippen LogP contribution is -2.57. The average Bonchev–Trinajstić information content (AvgIpc) is 3.38. The van der Waals surface area contributed by atoms with Crippen LogP contribution in [0.5, 0.6) is 11.5 Å². The second-order valence-corrected chi connectivity index (χ2v) is 11.1. The van der Waals surface area contributed by atoms with Gasteiger partial charge in [0.1, 0.15) is 18.8 Å². The van der Waals surface area contributed by atoms with Crippen molar-refractivity contribution >= 4 is 11.9 Å². The molecule has 1 spiro atoms. The summed E-state index contributed by atoms with van der Waals surface area (Å²) in [5.41, 5.74) is 2.97. The minimum absolute atomic E-state index is 0.0185. The Labute approximate surface area is 212 Å². The highest BCUT2D eigenvalue weighted by molar-refractivity contribution is 6.07. The van der Waals surface area contributed by atoms with Crippen LogP contribution < -0.4 is 9.47 Å². The minimum atomic E-state index is -0.723. The third kappa shape index (κ3) is 3.94. The van der Waals surface area contributed by atoms with Crippen molar-refractivity contribution < 1.29 is 19.1 Å². The Morgan fingerprint density at radius 3 is 2.28 bits per heavy atom. The number of hydrogen-bond donors (Lipinski definition) is 0. The highest BCUT2D eigenvalue weighted by Gasteiger charge is 2.59. The van der Waals surface area contributed by atoms with Crippen LogP contribution in [0.4, 0.5) is 4.79 Å². The first-order chi connectivity index (χ1) is 17.4. The van der Waals surface area contributed by atoms with E-state index in [0.717, 1.165) is 44.0 Å². The molecule has 6 rings (SSSR count). The standard InChI is InChI=1S/C29H35N3O4/c1-20(2)18-31-28(34)32(24-16-22-5-3-4-6-23(22)17-24)27(33)29(31)9-11-30(12-10-29)19-21-7-8-25-26(15-21)36-14-13-35-25/h3-8,15,20,24H,9-14,16-19H2,1-2H3. The summed E-state index contributed by atoms with van der Waals surface area (Å²) in [4.78, 5) is 33.8. The molecule has 0 atom stereocenters. The van der Waals surface area contributed by atoms with Crippen LogP contribution in [0, 0.1) is 5.92 Å². The van der Waals surface area contributed by atoms with Gasteiger partial charge in [-0.05, 0) is 60.4 Å². The topological polar surface area (TPSA) is 62.3 Å². The Kier molecular flexibility index (Phi) is 5.91. The number of carbonyl (C=O) groups excluding carboxylic acids is 2. The number of carbonyl (C=O) groups is 2. The van der Waals surface area contributed by atoms with E-state index in [1.807, 2.05) is 23.1 Å². The van der Waals surface area contributed by atoms with Gasteiger partial charge in [-0.25, -0.2) is 4.79 Å². The Balaban J connectivity index is 1.19. The molecule has 1 aliphatic carbocycles. The number of rotatable bonds is 5. The van der Waals surface area contributed by atoms with Crippen molar-refractivity contribution in [3.63, 3.8) is 0 Å². The van der Waals surface area contributed by atoms with Crippen molar-refractivity contribution in [1.29, 1.82) is 0 Å². The Morgan fingerprint density at radius 1 is 0.944 bits per heavy atom. The third-order valence-corrected chi connectivity index (χ3v) is 8.21. The fourth-order valence-corrected chi connectivity index (χ4v) is 6.41. The molecular weight excluding hydrogens is 454 g/mol. The molecule has 0 radical (unpaired) electrons. The molecule has 7 heteroatoms. The Morgan fingerprint density at radius 2 is 1.61 bits per heavy atom. The molecule has 0 bridgehead atoms. The number of urea groups is 1. The molecule has 0 N–H and O–H groups in total. The zero-order chi connectivity index (χ0) is 24.9. The summed E-state index contributed by atoms with van der Waals surface area (Å²) in [6, 6.07) is 14.3. The van der Waals surface area contributed by atoms with Crippen LogP contribution in [-0.4, -0.2) is 71.1 Å². The van der Waals surface area contributed by atoms with Crippen LogP contribution in [-0.2, 0) is 24.2 Å². The number of amides is 3. The predicted molar refractivity (Wildman–Crippen MR) is 136 cm³/mol. The van der Waals surface area contributed by atoms with Gasteiger partial charge in [0.2, 0.25) is 0 Å². The van der Waals surface area contributed by atoms with Crippen LogP contribution in [0.1, 0.15) is 43.4 Å². The highest BCUT2D eigenvalue weighted by Crippen LogP contribution is 2.41. The summed E-state index contributed by atoms with van der Waals surface area (Å²) in [7, 11) is 0. The van der Waals surface area contributed by atoms with Crippen molar-refractivity contribution in [2.24, 2.45) is 5.92 Å². The molecule has 2 aromatic rings. The number of benzene rings is 2. The second kappa shape index (κ2) is 9.11. The monoisotopic (exact) mass is 489 g/mol. The Bertz CT molecular complexity index is 1150. The van der Waals surface area contributed by atoms with Crippen molar-refractivity contribution in [3.05, 3.63) is 59.2 Å². The predicted octanol–water partition coefficient (Wildman–Crippen LogP) is 3.88. The molecule has 4 aliphatic rings. The maximum atomic E-state index is 14.1. The molecule has 36 heavy (non-hydrogen) atoms. The fourth-order valence-electron chi connectivity index (χ4n) is 6.41. The lowest BCUT2D eigenvalue weighted by atomic mass is 9.85. The molecule has 2 fully saturated rings. The lowest BCUT2D eigenvalue weighted by Gasteiger charge is -2.42. The van der Waals surface area contributed by atoms with E-state index in [0.29, 0.717) is 38.5 Å². The van der Waals surface area contributed by atoms with Crippen LogP contribution in [0.25, 0.3) is 0 Å². The van der Waals surface area contributed by atoms with Crippen LogP contribution in [0.15, 0.2) is 42.5 Å². The van der Waals surface area contributed by atoms with Crippen molar-refractivity contribution in [2.75, 3.05) is 32.8 Å². The average molecular weight is 490 g/mol. The third-order valence-electron chi connectivity index (χ3n) is 8.21. The van der Waals surface area contributed by atoms with E-state index in [1.165, 1.54) is 16.7 Å². The summed E-state index contributed by atoms with van der Waals surface area (Å²) < 4.78 is 11.4.